The minimum atomic E-state index is -3.72. The summed E-state index contributed by atoms with van der Waals surface area (Å²) in [5.74, 6) is -0.631. The standard InChI is InChI=1S/C20H27FN4O3S/c1-14-18(15(2)25(22-14)20(3,4)5)29(27,28)24-12-10-23(11-13-24)19(26)16-6-8-17(21)9-7-16/h6-9H,10-13H2,1-5H3. The van der Waals surface area contributed by atoms with E-state index < -0.39 is 15.8 Å². The molecule has 0 N–H and O–H groups in total. The second kappa shape index (κ2) is 7.53. The number of amides is 1. The van der Waals surface area contributed by atoms with Crippen LogP contribution in [0.3, 0.4) is 0 Å². The first kappa shape index (κ1) is 21.4. The summed E-state index contributed by atoms with van der Waals surface area (Å²) in [7, 11) is -3.72. The minimum Gasteiger partial charge on any atom is -0.336 e. The van der Waals surface area contributed by atoms with Crippen molar-refractivity contribution in [3.63, 3.8) is 0 Å². The zero-order chi connectivity index (χ0) is 21.6. The van der Waals surface area contributed by atoms with E-state index >= 15 is 0 Å². The summed E-state index contributed by atoms with van der Waals surface area (Å²) in [6.45, 7) is 10.4. The van der Waals surface area contributed by atoms with Gasteiger partial charge in [0, 0.05) is 31.7 Å². The van der Waals surface area contributed by atoms with Crippen LogP contribution >= 0.6 is 0 Å². The number of nitrogens with zero attached hydrogens (tertiary/aromatic N) is 4. The van der Waals surface area contributed by atoms with Crippen LogP contribution in [0, 0.1) is 19.7 Å². The number of carbonyl (C=O) groups is 1. The van der Waals surface area contributed by atoms with Crippen LogP contribution < -0.4 is 0 Å². The average molecular weight is 423 g/mol. The van der Waals surface area contributed by atoms with Gasteiger partial charge in [0.1, 0.15) is 10.7 Å². The monoisotopic (exact) mass is 422 g/mol. The Morgan fingerprint density at radius 1 is 1.03 bits per heavy atom. The van der Waals surface area contributed by atoms with Crippen molar-refractivity contribution in [2.45, 2.75) is 45.1 Å². The van der Waals surface area contributed by atoms with Crippen LogP contribution in [0.2, 0.25) is 0 Å². The molecule has 1 aromatic carbocycles. The van der Waals surface area contributed by atoms with Crippen molar-refractivity contribution in [1.82, 2.24) is 19.0 Å². The molecule has 0 aliphatic carbocycles. The first-order valence-corrected chi connectivity index (χ1v) is 11.0. The molecule has 29 heavy (non-hydrogen) atoms. The highest BCUT2D eigenvalue weighted by Gasteiger charge is 2.35. The van der Waals surface area contributed by atoms with Crippen molar-refractivity contribution in [3.05, 3.63) is 47.0 Å². The number of sulfonamides is 1. The van der Waals surface area contributed by atoms with Crippen LogP contribution in [0.15, 0.2) is 29.2 Å². The lowest BCUT2D eigenvalue weighted by molar-refractivity contribution is 0.0697. The highest BCUT2D eigenvalue weighted by atomic mass is 32.2. The Labute approximate surface area is 171 Å². The van der Waals surface area contributed by atoms with Gasteiger partial charge in [-0.2, -0.15) is 9.40 Å². The van der Waals surface area contributed by atoms with E-state index in [1.165, 1.54) is 28.6 Å². The lowest BCUT2D eigenvalue weighted by Gasteiger charge is -2.34. The summed E-state index contributed by atoms with van der Waals surface area (Å²) in [5, 5.41) is 4.45. The van der Waals surface area contributed by atoms with Crippen LogP contribution in [0.1, 0.15) is 42.5 Å². The smallest absolute Gasteiger partial charge is 0.253 e. The number of benzene rings is 1. The van der Waals surface area contributed by atoms with Crippen LogP contribution in [0.4, 0.5) is 4.39 Å². The molecule has 0 spiro atoms. The van der Waals surface area contributed by atoms with Gasteiger partial charge in [0.25, 0.3) is 5.91 Å². The van der Waals surface area contributed by atoms with Crippen LogP contribution in [-0.4, -0.2) is 59.5 Å². The predicted octanol–water partition coefficient (Wildman–Crippen LogP) is 2.54. The highest BCUT2D eigenvalue weighted by Crippen LogP contribution is 2.28. The van der Waals surface area contributed by atoms with E-state index in [0.717, 1.165) is 0 Å². The number of carbonyl (C=O) groups excluding carboxylic acids is 1. The van der Waals surface area contributed by atoms with E-state index in [-0.39, 0.29) is 42.5 Å². The average Bonchev–Trinajstić information content (AvgIpc) is 2.97. The zero-order valence-electron chi connectivity index (χ0n) is 17.4. The molecule has 1 fully saturated rings. The number of hydrogen-bond acceptors (Lipinski definition) is 4. The van der Waals surface area contributed by atoms with E-state index in [2.05, 4.69) is 5.10 Å². The van der Waals surface area contributed by atoms with E-state index in [1.54, 1.807) is 23.4 Å². The molecule has 7 nitrogen and oxygen atoms in total. The molecule has 1 aromatic heterocycles. The van der Waals surface area contributed by atoms with Gasteiger partial charge in [-0.3, -0.25) is 9.48 Å². The third-order valence-electron chi connectivity index (χ3n) is 5.08. The molecule has 0 unspecified atom stereocenters. The Morgan fingerprint density at radius 3 is 2.07 bits per heavy atom. The van der Waals surface area contributed by atoms with Crippen molar-refractivity contribution in [3.8, 4) is 0 Å². The minimum absolute atomic E-state index is 0.203. The molecule has 9 heteroatoms. The first-order valence-electron chi connectivity index (χ1n) is 9.54. The molecular formula is C20H27FN4O3S. The summed E-state index contributed by atoms with van der Waals surface area (Å²) in [4.78, 5) is 14.4. The summed E-state index contributed by atoms with van der Waals surface area (Å²) in [5.41, 5.74) is 1.14. The Morgan fingerprint density at radius 2 is 1.59 bits per heavy atom. The van der Waals surface area contributed by atoms with Crippen molar-refractivity contribution in [2.75, 3.05) is 26.2 Å². The second-order valence-corrected chi connectivity index (χ2v) is 10.2. The number of aryl methyl sites for hydroxylation is 1. The van der Waals surface area contributed by atoms with Crippen LogP contribution in [0.5, 0.6) is 0 Å². The second-order valence-electron chi connectivity index (χ2n) is 8.29. The van der Waals surface area contributed by atoms with Crippen molar-refractivity contribution < 1.29 is 17.6 Å². The fourth-order valence-electron chi connectivity index (χ4n) is 3.69. The van der Waals surface area contributed by atoms with Crippen molar-refractivity contribution in [2.24, 2.45) is 0 Å². The van der Waals surface area contributed by atoms with Gasteiger partial charge in [0.15, 0.2) is 0 Å². The maximum Gasteiger partial charge on any atom is 0.253 e. The Bertz CT molecular complexity index is 1020. The predicted molar refractivity (Wildman–Crippen MR) is 108 cm³/mol. The van der Waals surface area contributed by atoms with Crippen molar-refractivity contribution in [1.29, 1.82) is 0 Å². The zero-order valence-corrected chi connectivity index (χ0v) is 18.3. The Kier molecular flexibility index (Phi) is 5.57. The molecule has 0 atom stereocenters. The Balaban J connectivity index is 1.78. The number of aromatic nitrogens is 2. The molecule has 1 amide bonds. The van der Waals surface area contributed by atoms with Crippen LogP contribution in [-0.2, 0) is 15.6 Å². The van der Waals surface area contributed by atoms with Gasteiger partial charge in [0.05, 0.1) is 16.9 Å². The van der Waals surface area contributed by atoms with Gasteiger partial charge >= 0.3 is 0 Å². The molecule has 3 rings (SSSR count). The van der Waals surface area contributed by atoms with Crippen LogP contribution in [0.25, 0.3) is 0 Å². The molecule has 2 aromatic rings. The fraction of sp³-hybridized carbons (Fsp3) is 0.500. The molecule has 1 saturated heterocycles. The van der Waals surface area contributed by atoms with Gasteiger partial charge in [-0.05, 0) is 58.9 Å². The number of halogens is 1. The molecular weight excluding hydrogens is 395 g/mol. The number of hydrogen-bond donors (Lipinski definition) is 0. The molecule has 158 valence electrons. The molecule has 1 aliphatic heterocycles. The van der Waals surface area contributed by atoms with Gasteiger partial charge in [0.2, 0.25) is 10.0 Å². The number of rotatable bonds is 3. The van der Waals surface area contributed by atoms with Gasteiger partial charge in [-0.15, -0.1) is 0 Å². The lowest BCUT2D eigenvalue weighted by atomic mass is 10.1. The quantitative estimate of drug-likeness (QED) is 0.762. The summed E-state index contributed by atoms with van der Waals surface area (Å²) >= 11 is 0. The molecule has 1 aliphatic rings. The number of piperazine rings is 1. The van der Waals surface area contributed by atoms with E-state index in [4.69, 9.17) is 0 Å². The summed E-state index contributed by atoms with van der Waals surface area (Å²) in [6.07, 6.45) is 0. The normalized spacial score (nSPS) is 16.3. The van der Waals surface area contributed by atoms with E-state index in [1.807, 2.05) is 20.8 Å². The molecule has 0 saturated carbocycles. The lowest BCUT2D eigenvalue weighted by Crippen LogP contribution is -2.50. The maximum atomic E-state index is 13.3. The Hall–Kier alpha value is -2.26. The fourth-order valence-corrected chi connectivity index (χ4v) is 5.47. The topological polar surface area (TPSA) is 75.5 Å². The van der Waals surface area contributed by atoms with E-state index in [9.17, 15) is 17.6 Å². The van der Waals surface area contributed by atoms with E-state index in [0.29, 0.717) is 17.0 Å². The summed E-state index contributed by atoms with van der Waals surface area (Å²) in [6, 6.07) is 5.36. The van der Waals surface area contributed by atoms with Gasteiger partial charge in [-0.1, -0.05) is 0 Å². The SMILES string of the molecule is Cc1nn(C(C)(C)C)c(C)c1S(=O)(=O)N1CCN(C(=O)c2ccc(F)cc2)CC1. The third-order valence-corrected chi connectivity index (χ3v) is 7.23. The van der Waals surface area contributed by atoms with Gasteiger partial charge < -0.3 is 4.90 Å². The third kappa shape index (κ3) is 4.06. The largest absolute Gasteiger partial charge is 0.336 e. The summed E-state index contributed by atoms with van der Waals surface area (Å²) < 4.78 is 42.8. The van der Waals surface area contributed by atoms with Gasteiger partial charge in [-0.25, -0.2) is 12.8 Å². The first-order chi connectivity index (χ1) is 13.4. The maximum absolute atomic E-state index is 13.3. The molecule has 2 heterocycles. The highest BCUT2D eigenvalue weighted by molar-refractivity contribution is 7.89. The molecule has 0 bridgehead atoms. The van der Waals surface area contributed by atoms with Crippen molar-refractivity contribution >= 4 is 15.9 Å². The molecule has 0 radical (unpaired) electrons.